The molecule has 1 aliphatic heterocycles. The van der Waals surface area contributed by atoms with Crippen molar-refractivity contribution in [2.24, 2.45) is 7.05 Å². The number of hydrogen-bond donors (Lipinski definition) is 1. The van der Waals surface area contributed by atoms with Crippen molar-refractivity contribution in [3.05, 3.63) is 58.9 Å². The van der Waals surface area contributed by atoms with E-state index >= 15 is 0 Å². The van der Waals surface area contributed by atoms with Crippen LogP contribution in [0.25, 0.3) is 0 Å². The fourth-order valence-electron chi connectivity index (χ4n) is 3.49. The van der Waals surface area contributed by atoms with E-state index in [1.54, 1.807) is 30.8 Å². The van der Waals surface area contributed by atoms with Crippen LogP contribution in [0.5, 0.6) is 0 Å². The van der Waals surface area contributed by atoms with Crippen LogP contribution >= 0.6 is 0 Å². The summed E-state index contributed by atoms with van der Waals surface area (Å²) in [6, 6.07) is 6.20. The number of carbonyl (C=O) groups excluding carboxylic acids is 1. The monoisotopic (exact) mass is 352 g/mol. The highest BCUT2D eigenvalue weighted by molar-refractivity contribution is 5.94. The molecule has 4 nitrogen and oxygen atoms in total. The summed E-state index contributed by atoms with van der Waals surface area (Å²) in [7, 11) is 1.71. The smallest absolute Gasteiger partial charge is 0.391 e. The Morgan fingerprint density at radius 2 is 1.92 bits per heavy atom. The van der Waals surface area contributed by atoms with Gasteiger partial charge in [-0.2, -0.15) is 13.2 Å². The summed E-state index contributed by atoms with van der Waals surface area (Å²) in [6.45, 7) is 1.79. The number of likely N-dealkylation sites (tertiary alicyclic amines) is 1. The molecule has 2 aromatic rings. The average molecular weight is 352 g/mol. The van der Waals surface area contributed by atoms with Crippen LogP contribution in [0.4, 0.5) is 13.2 Å². The van der Waals surface area contributed by atoms with Crippen molar-refractivity contribution in [3.8, 4) is 0 Å². The summed E-state index contributed by atoms with van der Waals surface area (Å²) in [5.41, 5.74) is 0.419. The van der Waals surface area contributed by atoms with Crippen LogP contribution in [-0.4, -0.2) is 33.1 Å². The lowest BCUT2D eigenvalue weighted by Crippen LogP contribution is -2.34. The third-order valence-corrected chi connectivity index (χ3v) is 4.64. The Morgan fingerprint density at radius 1 is 1.24 bits per heavy atom. The molecule has 0 bridgehead atoms. The van der Waals surface area contributed by atoms with E-state index < -0.39 is 23.9 Å². The highest BCUT2D eigenvalue weighted by atomic mass is 19.4. The first kappa shape index (κ1) is 17.5. The van der Waals surface area contributed by atoms with Gasteiger partial charge in [-0.25, -0.2) is 0 Å². The van der Waals surface area contributed by atoms with Gasteiger partial charge in [0, 0.05) is 19.8 Å². The van der Waals surface area contributed by atoms with Gasteiger partial charge in [0.15, 0.2) is 0 Å². The van der Waals surface area contributed by atoms with Gasteiger partial charge in [0.25, 0.3) is 5.91 Å². The third kappa shape index (κ3) is 3.16. The van der Waals surface area contributed by atoms with Crippen molar-refractivity contribution in [1.29, 1.82) is 0 Å². The van der Waals surface area contributed by atoms with Crippen LogP contribution < -0.4 is 0 Å². The first-order chi connectivity index (χ1) is 11.7. The second kappa shape index (κ2) is 6.22. The number of nitrogens with zero attached hydrogens (tertiary/aromatic N) is 2. The zero-order chi connectivity index (χ0) is 18.4. The van der Waals surface area contributed by atoms with E-state index in [0.717, 1.165) is 11.6 Å². The lowest BCUT2D eigenvalue weighted by atomic mass is 9.97. The van der Waals surface area contributed by atoms with Crippen LogP contribution in [0.2, 0.25) is 0 Å². The Balaban J connectivity index is 2.03. The molecule has 25 heavy (non-hydrogen) atoms. The molecule has 3 rings (SSSR count). The zero-order valence-corrected chi connectivity index (χ0v) is 13.9. The van der Waals surface area contributed by atoms with Crippen LogP contribution in [0, 0.1) is 6.92 Å². The molecule has 0 saturated carbocycles. The topological polar surface area (TPSA) is 45.5 Å². The summed E-state index contributed by atoms with van der Waals surface area (Å²) < 4.78 is 41.7. The maximum Gasteiger partial charge on any atom is 0.416 e. The summed E-state index contributed by atoms with van der Waals surface area (Å²) >= 11 is 0. The Hall–Kier alpha value is -2.28. The number of β-amino-alcohol motifs (C(OH)–C–C–N with tert-alkyl or cyclic N) is 1. The van der Waals surface area contributed by atoms with Crippen molar-refractivity contribution in [2.75, 3.05) is 6.54 Å². The molecule has 1 fully saturated rings. The molecule has 1 N–H and O–H groups in total. The molecule has 1 aromatic heterocycles. The normalized spacial score (nSPS) is 21.0. The first-order valence-corrected chi connectivity index (χ1v) is 7.97. The van der Waals surface area contributed by atoms with Gasteiger partial charge < -0.3 is 14.6 Å². The molecule has 1 saturated heterocycles. The molecular formula is C18H19F3N2O2. The van der Waals surface area contributed by atoms with E-state index in [0.29, 0.717) is 5.69 Å². The zero-order valence-electron chi connectivity index (χ0n) is 13.9. The predicted molar refractivity (Wildman–Crippen MR) is 86.0 cm³/mol. The number of rotatable bonds is 2. The van der Waals surface area contributed by atoms with E-state index in [1.165, 1.54) is 23.1 Å². The van der Waals surface area contributed by atoms with Gasteiger partial charge in [-0.15, -0.1) is 0 Å². The number of amides is 1. The van der Waals surface area contributed by atoms with Gasteiger partial charge >= 0.3 is 6.18 Å². The summed E-state index contributed by atoms with van der Waals surface area (Å²) in [5.74, 6) is -0.372. The number of carbonyl (C=O) groups is 1. The molecule has 134 valence electrons. The molecular weight excluding hydrogens is 333 g/mol. The molecule has 2 heterocycles. The lowest BCUT2D eigenvalue weighted by Gasteiger charge is -2.27. The maximum atomic E-state index is 13.4. The Morgan fingerprint density at radius 3 is 2.52 bits per heavy atom. The summed E-state index contributed by atoms with van der Waals surface area (Å²) in [6.07, 6.45) is -3.55. The minimum Gasteiger partial charge on any atom is -0.391 e. The number of aryl methyl sites for hydroxylation is 2. The molecule has 0 spiro atoms. The number of benzene rings is 1. The van der Waals surface area contributed by atoms with Crippen molar-refractivity contribution >= 4 is 5.91 Å². The standard InChI is InChI=1S/C18H19F3N2O2/c1-11-7-8-22(2)16(11)17(25)23-10-12(24)9-15(23)13-5-3-4-6-14(13)18(19,20)21/h3-8,12,15,24H,9-10H2,1-2H3/t12-,15-/m1/s1. The molecule has 1 aromatic carbocycles. The fraction of sp³-hybridized carbons (Fsp3) is 0.389. The summed E-state index contributed by atoms with van der Waals surface area (Å²) in [5, 5.41) is 10.0. The highest BCUT2D eigenvalue weighted by Gasteiger charge is 2.42. The molecule has 0 radical (unpaired) electrons. The molecule has 0 aliphatic carbocycles. The summed E-state index contributed by atoms with van der Waals surface area (Å²) in [4.78, 5) is 14.3. The number of aromatic nitrogens is 1. The van der Waals surface area contributed by atoms with Crippen molar-refractivity contribution in [3.63, 3.8) is 0 Å². The predicted octanol–water partition coefficient (Wildman–Crippen LogP) is 3.30. The van der Waals surface area contributed by atoms with Gasteiger partial charge in [-0.05, 0) is 36.6 Å². The number of hydrogen-bond acceptors (Lipinski definition) is 2. The van der Waals surface area contributed by atoms with Crippen LogP contribution in [0.1, 0.15) is 39.6 Å². The minimum absolute atomic E-state index is 0.0142. The quantitative estimate of drug-likeness (QED) is 0.901. The Labute approximate surface area is 143 Å². The molecule has 1 aliphatic rings. The highest BCUT2D eigenvalue weighted by Crippen LogP contribution is 2.41. The van der Waals surface area contributed by atoms with Crippen LogP contribution in [-0.2, 0) is 13.2 Å². The first-order valence-electron chi connectivity index (χ1n) is 7.97. The van der Waals surface area contributed by atoms with Crippen LogP contribution in [0.15, 0.2) is 36.5 Å². The van der Waals surface area contributed by atoms with E-state index in [1.807, 2.05) is 0 Å². The SMILES string of the molecule is Cc1ccn(C)c1C(=O)N1C[C@H](O)C[C@@H]1c1ccccc1C(F)(F)F. The second-order valence-electron chi connectivity index (χ2n) is 6.41. The van der Waals surface area contributed by atoms with Crippen LogP contribution in [0.3, 0.4) is 0 Å². The largest absolute Gasteiger partial charge is 0.416 e. The number of alkyl halides is 3. The Kier molecular flexibility index (Phi) is 4.36. The molecule has 2 atom stereocenters. The maximum absolute atomic E-state index is 13.4. The van der Waals surface area contributed by atoms with E-state index in [2.05, 4.69) is 0 Å². The van der Waals surface area contributed by atoms with E-state index in [4.69, 9.17) is 0 Å². The van der Waals surface area contributed by atoms with E-state index in [-0.39, 0.29) is 24.4 Å². The number of aliphatic hydroxyl groups is 1. The average Bonchev–Trinajstić information content (AvgIpc) is 3.09. The minimum atomic E-state index is -4.51. The number of halogens is 3. The van der Waals surface area contributed by atoms with Gasteiger partial charge in [-0.1, -0.05) is 18.2 Å². The van der Waals surface area contributed by atoms with Crippen molar-refractivity contribution < 1.29 is 23.1 Å². The van der Waals surface area contributed by atoms with Gasteiger partial charge in [-0.3, -0.25) is 4.79 Å². The van der Waals surface area contributed by atoms with Crippen molar-refractivity contribution in [1.82, 2.24) is 9.47 Å². The third-order valence-electron chi connectivity index (χ3n) is 4.64. The second-order valence-corrected chi connectivity index (χ2v) is 6.41. The molecule has 0 unspecified atom stereocenters. The molecule has 7 heteroatoms. The fourth-order valence-corrected chi connectivity index (χ4v) is 3.49. The Bertz CT molecular complexity index is 778. The van der Waals surface area contributed by atoms with Gasteiger partial charge in [0.05, 0.1) is 17.7 Å². The van der Waals surface area contributed by atoms with Crippen molar-refractivity contribution in [2.45, 2.75) is 31.7 Å². The van der Waals surface area contributed by atoms with Gasteiger partial charge in [0.2, 0.25) is 0 Å². The van der Waals surface area contributed by atoms with E-state index in [9.17, 15) is 23.1 Å². The lowest BCUT2D eigenvalue weighted by molar-refractivity contribution is -0.138. The molecule has 1 amide bonds. The number of aliphatic hydroxyl groups excluding tert-OH is 1. The van der Waals surface area contributed by atoms with Gasteiger partial charge in [0.1, 0.15) is 5.69 Å².